The lowest BCUT2D eigenvalue weighted by atomic mass is 9.84. The summed E-state index contributed by atoms with van der Waals surface area (Å²) in [6.07, 6.45) is 5.60. The predicted molar refractivity (Wildman–Crippen MR) is 109 cm³/mol. The Kier molecular flexibility index (Phi) is 7.43. The summed E-state index contributed by atoms with van der Waals surface area (Å²) < 4.78 is 13.9. The highest BCUT2D eigenvalue weighted by Gasteiger charge is 2.25. The molecule has 1 N–H and O–H groups in total. The highest BCUT2D eigenvalue weighted by Crippen LogP contribution is 2.27. The Balaban J connectivity index is 1.34. The molecule has 0 spiro atoms. The molecule has 2 aliphatic rings. The molecular weight excluding hydrogens is 357 g/mol. The number of para-hydroxylation sites is 1. The van der Waals surface area contributed by atoms with Crippen LogP contribution in [0.4, 0.5) is 10.1 Å². The molecule has 1 amide bonds. The summed E-state index contributed by atoms with van der Waals surface area (Å²) in [4.78, 5) is 27.7. The van der Waals surface area contributed by atoms with Crippen molar-refractivity contribution in [2.75, 3.05) is 37.6 Å². The van der Waals surface area contributed by atoms with Gasteiger partial charge in [0.15, 0.2) is 0 Å². The van der Waals surface area contributed by atoms with E-state index in [1.54, 1.807) is 13.0 Å². The fraction of sp³-hybridized carbons (Fsp3) is 0.636. The highest BCUT2D eigenvalue weighted by molar-refractivity contribution is 6.36. The molecule has 1 saturated heterocycles. The van der Waals surface area contributed by atoms with Crippen LogP contribution in [0.2, 0.25) is 0 Å². The van der Waals surface area contributed by atoms with Gasteiger partial charge in [-0.15, -0.1) is 0 Å². The first-order valence-corrected chi connectivity index (χ1v) is 10.6. The van der Waals surface area contributed by atoms with Crippen molar-refractivity contribution in [2.24, 2.45) is 5.92 Å². The lowest BCUT2D eigenvalue weighted by Crippen LogP contribution is -2.47. The van der Waals surface area contributed by atoms with Crippen molar-refractivity contribution in [3.63, 3.8) is 0 Å². The van der Waals surface area contributed by atoms with E-state index in [9.17, 15) is 14.0 Å². The number of halogens is 1. The van der Waals surface area contributed by atoms with E-state index < -0.39 is 5.91 Å². The first kappa shape index (κ1) is 20.8. The van der Waals surface area contributed by atoms with E-state index in [4.69, 9.17) is 0 Å². The summed E-state index contributed by atoms with van der Waals surface area (Å²) >= 11 is 0. The van der Waals surface area contributed by atoms with Crippen molar-refractivity contribution in [3.05, 3.63) is 30.1 Å². The van der Waals surface area contributed by atoms with Gasteiger partial charge in [-0.25, -0.2) is 4.39 Å². The fourth-order valence-electron chi connectivity index (χ4n) is 4.31. The van der Waals surface area contributed by atoms with Crippen LogP contribution in [0.5, 0.6) is 0 Å². The van der Waals surface area contributed by atoms with E-state index in [0.717, 1.165) is 58.4 Å². The third-order valence-electron chi connectivity index (χ3n) is 6.18. The number of benzene rings is 1. The zero-order chi connectivity index (χ0) is 19.9. The van der Waals surface area contributed by atoms with Crippen molar-refractivity contribution in [1.82, 2.24) is 10.2 Å². The molecule has 28 heavy (non-hydrogen) atoms. The molecule has 154 valence electrons. The van der Waals surface area contributed by atoms with Gasteiger partial charge in [0.2, 0.25) is 5.78 Å². The minimum absolute atomic E-state index is 0.138. The number of hydrogen-bond acceptors (Lipinski definition) is 4. The number of carbonyl (C=O) groups excluding carboxylic acids is 2. The second kappa shape index (κ2) is 10.0. The Bertz CT molecular complexity index is 666. The van der Waals surface area contributed by atoms with Crippen molar-refractivity contribution >= 4 is 17.4 Å². The maximum absolute atomic E-state index is 13.9. The standard InChI is InChI=1S/C22H32FN3O2/c1-2-21(27)22(28)24-18-9-7-17(8-10-18)11-12-25-13-15-26(16-14-25)20-6-4-3-5-19(20)23/h3-6,17-18H,2,7-16H2,1H3,(H,24,28). The number of nitrogens with zero attached hydrogens (tertiary/aromatic N) is 2. The SMILES string of the molecule is CCC(=O)C(=O)NC1CCC(CCN2CCN(c3ccccc3F)CC2)CC1. The van der Waals surface area contributed by atoms with Crippen molar-refractivity contribution in [2.45, 2.75) is 51.5 Å². The molecule has 0 atom stereocenters. The molecule has 0 aromatic heterocycles. The molecule has 6 heteroatoms. The Labute approximate surface area is 167 Å². The van der Waals surface area contributed by atoms with Crippen LogP contribution in [-0.4, -0.2) is 55.4 Å². The van der Waals surface area contributed by atoms with Crippen LogP contribution in [0.25, 0.3) is 0 Å². The van der Waals surface area contributed by atoms with Gasteiger partial charge in [-0.1, -0.05) is 19.1 Å². The maximum atomic E-state index is 13.9. The zero-order valence-electron chi connectivity index (χ0n) is 16.8. The van der Waals surface area contributed by atoms with Crippen LogP contribution in [0, 0.1) is 11.7 Å². The van der Waals surface area contributed by atoms with Crippen LogP contribution in [-0.2, 0) is 9.59 Å². The number of rotatable bonds is 7. The first-order valence-electron chi connectivity index (χ1n) is 10.6. The van der Waals surface area contributed by atoms with Gasteiger partial charge in [0.25, 0.3) is 5.91 Å². The summed E-state index contributed by atoms with van der Waals surface area (Å²) in [6, 6.07) is 7.16. The van der Waals surface area contributed by atoms with Gasteiger partial charge < -0.3 is 10.2 Å². The second-order valence-corrected chi connectivity index (χ2v) is 8.04. The largest absolute Gasteiger partial charge is 0.367 e. The monoisotopic (exact) mass is 389 g/mol. The summed E-state index contributed by atoms with van der Waals surface area (Å²) in [5.74, 6) is -0.185. The summed E-state index contributed by atoms with van der Waals surface area (Å²) in [5, 5.41) is 2.89. The van der Waals surface area contributed by atoms with Gasteiger partial charge in [-0.3, -0.25) is 14.5 Å². The quantitative estimate of drug-likeness (QED) is 0.729. The molecule has 1 heterocycles. The Morgan fingerprint density at radius 3 is 2.39 bits per heavy atom. The highest BCUT2D eigenvalue weighted by atomic mass is 19.1. The molecule has 1 aliphatic heterocycles. The molecule has 2 fully saturated rings. The van der Waals surface area contributed by atoms with Crippen LogP contribution in [0.3, 0.4) is 0 Å². The van der Waals surface area contributed by atoms with Gasteiger partial charge in [0.1, 0.15) is 5.82 Å². The average molecular weight is 390 g/mol. The van der Waals surface area contributed by atoms with Crippen LogP contribution >= 0.6 is 0 Å². The third kappa shape index (κ3) is 5.53. The van der Waals surface area contributed by atoms with Crippen LogP contribution in [0.15, 0.2) is 24.3 Å². The topological polar surface area (TPSA) is 52.7 Å². The average Bonchev–Trinajstić information content (AvgIpc) is 2.73. The van der Waals surface area contributed by atoms with Crippen LogP contribution < -0.4 is 10.2 Å². The Morgan fingerprint density at radius 2 is 1.75 bits per heavy atom. The number of ketones is 1. The first-order chi connectivity index (χ1) is 13.6. The molecule has 0 radical (unpaired) electrons. The molecule has 3 rings (SSSR count). The minimum Gasteiger partial charge on any atom is -0.367 e. The van der Waals surface area contributed by atoms with E-state index in [2.05, 4.69) is 15.1 Å². The number of hydrogen-bond donors (Lipinski definition) is 1. The van der Waals surface area contributed by atoms with E-state index in [-0.39, 0.29) is 24.1 Å². The summed E-state index contributed by atoms with van der Waals surface area (Å²) in [7, 11) is 0. The summed E-state index contributed by atoms with van der Waals surface area (Å²) in [5.41, 5.74) is 0.712. The smallest absolute Gasteiger partial charge is 0.287 e. The summed E-state index contributed by atoms with van der Waals surface area (Å²) in [6.45, 7) is 6.48. The molecular formula is C22H32FN3O2. The predicted octanol–water partition coefficient (Wildman–Crippen LogP) is 2.99. The maximum Gasteiger partial charge on any atom is 0.287 e. The number of carbonyl (C=O) groups is 2. The lowest BCUT2D eigenvalue weighted by Gasteiger charge is -2.37. The molecule has 0 bridgehead atoms. The number of anilines is 1. The van der Waals surface area contributed by atoms with Crippen molar-refractivity contribution < 1.29 is 14.0 Å². The van der Waals surface area contributed by atoms with Crippen LogP contribution in [0.1, 0.15) is 45.4 Å². The second-order valence-electron chi connectivity index (χ2n) is 8.04. The molecule has 1 aliphatic carbocycles. The van der Waals surface area contributed by atoms with Crippen molar-refractivity contribution in [1.29, 1.82) is 0 Å². The van der Waals surface area contributed by atoms with E-state index in [0.29, 0.717) is 11.6 Å². The van der Waals surface area contributed by atoms with Gasteiger partial charge in [-0.2, -0.15) is 0 Å². The zero-order valence-corrected chi connectivity index (χ0v) is 16.8. The number of nitrogens with one attached hydrogen (secondary N) is 1. The van der Waals surface area contributed by atoms with E-state index >= 15 is 0 Å². The number of amides is 1. The molecule has 1 aromatic carbocycles. The Morgan fingerprint density at radius 1 is 1.07 bits per heavy atom. The molecule has 0 unspecified atom stereocenters. The van der Waals surface area contributed by atoms with E-state index in [1.165, 1.54) is 12.5 Å². The minimum atomic E-state index is -0.418. The van der Waals surface area contributed by atoms with Gasteiger partial charge >= 0.3 is 0 Å². The molecule has 1 aromatic rings. The molecule has 5 nitrogen and oxygen atoms in total. The molecule has 1 saturated carbocycles. The fourth-order valence-corrected chi connectivity index (χ4v) is 4.31. The van der Waals surface area contributed by atoms with Gasteiger partial charge in [-0.05, 0) is 56.7 Å². The third-order valence-corrected chi connectivity index (χ3v) is 6.18. The lowest BCUT2D eigenvalue weighted by molar-refractivity contribution is -0.138. The van der Waals surface area contributed by atoms with Gasteiger partial charge in [0.05, 0.1) is 5.69 Å². The number of piperazine rings is 1. The van der Waals surface area contributed by atoms with Gasteiger partial charge in [0, 0.05) is 38.6 Å². The normalized spacial score (nSPS) is 23.4. The van der Waals surface area contributed by atoms with Crippen molar-refractivity contribution in [3.8, 4) is 0 Å². The Hall–Kier alpha value is -1.95. The number of Topliss-reactive ketones (excluding diaryl/α,β-unsaturated/α-hetero) is 1. The van der Waals surface area contributed by atoms with E-state index in [1.807, 2.05) is 12.1 Å².